The van der Waals surface area contributed by atoms with Crippen molar-refractivity contribution in [3.63, 3.8) is 0 Å². The largest absolute Gasteiger partial charge is 0.464 e. The fourth-order valence-electron chi connectivity index (χ4n) is 5.98. The van der Waals surface area contributed by atoms with Crippen molar-refractivity contribution >= 4 is 44.4 Å². The van der Waals surface area contributed by atoms with Crippen LogP contribution in [0.15, 0.2) is 72.2 Å². The van der Waals surface area contributed by atoms with E-state index >= 15 is 0 Å². The lowest BCUT2D eigenvalue weighted by molar-refractivity contribution is -0.144. The van der Waals surface area contributed by atoms with Crippen LogP contribution in [0, 0.1) is 5.41 Å². The molecule has 0 amide bonds. The Kier molecular flexibility index (Phi) is 7.31. The van der Waals surface area contributed by atoms with Gasteiger partial charge >= 0.3 is 5.97 Å². The summed E-state index contributed by atoms with van der Waals surface area (Å²) in [5, 5.41) is 0. The lowest BCUT2D eigenvalue weighted by atomic mass is 9.58. The van der Waals surface area contributed by atoms with E-state index in [9.17, 15) is 9.59 Å². The summed E-state index contributed by atoms with van der Waals surface area (Å²) in [6.07, 6.45) is 12.2. The van der Waals surface area contributed by atoms with Gasteiger partial charge in [0.2, 0.25) is 0 Å². The number of benzene rings is 1. The SMILES string of the molecule is CCOC(=O)[C@H](Cc1ccc(-n2c(-c3cccnc3)nc3cnccc32)cc1)N=C1C(Br)C(=O)C12CCCCC2. The van der Waals surface area contributed by atoms with E-state index in [1.807, 2.05) is 42.5 Å². The summed E-state index contributed by atoms with van der Waals surface area (Å²) in [5.41, 5.74) is 4.81. The minimum atomic E-state index is -0.709. The van der Waals surface area contributed by atoms with Crippen LogP contribution >= 0.6 is 15.9 Å². The Morgan fingerprint density at radius 2 is 1.88 bits per heavy atom. The number of aliphatic imine (C=N–C) groups is 1. The van der Waals surface area contributed by atoms with Crippen LogP contribution in [0.5, 0.6) is 0 Å². The summed E-state index contributed by atoms with van der Waals surface area (Å²) >= 11 is 3.53. The second-order valence-electron chi connectivity index (χ2n) is 10.4. The van der Waals surface area contributed by atoms with E-state index in [0.29, 0.717) is 6.42 Å². The number of alkyl halides is 1. The normalized spacial score (nSPS) is 20.0. The number of halogens is 1. The molecule has 1 unspecified atom stereocenters. The standard InChI is InChI=1S/C31H30BrN5O3/c1-2-40-30(39)23(35-27-26(32)28(38)31(27)13-4-3-5-14-31)17-20-8-10-22(11-9-20)37-25-12-16-34-19-24(25)36-29(37)21-7-6-15-33-18-21/h6-12,15-16,18-19,23,26H,2-5,13-14,17H2,1H3/t23-,26?/m0/s1. The number of ether oxygens (including phenoxy) is 1. The number of esters is 1. The molecule has 2 atom stereocenters. The summed E-state index contributed by atoms with van der Waals surface area (Å²) < 4.78 is 7.50. The third-order valence-corrected chi connectivity index (χ3v) is 8.84. The number of hydrogen-bond donors (Lipinski definition) is 0. The summed E-state index contributed by atoms with van der Waals surface area (Å²) in [6, 6.07) is 13.2. The Bertz CT molecular complexity index is 1580. The first-order chi connectivity index (χ1) is 19.5. The Morgan fingerprint density at radius 3 is 2.60 bits per heavy atom. The molecule has 3 aromatic heterocycles. The van der Waals surface area contributed by atoms with E-state index in [0.717, 1.165) is 71.5 Å². The number of hydrogen-bond acceptors (Lipinski definition) is 7. The maximum Gasteiger partial charge on any atom is 0.331 e. The van der Waals surface area contributed by atoms with Gasteiger partial charge in [-0.3, -0.25) is 24.3 Å². The molecule has 1 spiro atoms. The number of ketones is 1. The van der Waals surface area contributed by atoms with E-state index in [2.05, 4.69) is 30.5 Å². The molecule has 0 saturated heterocycles. The first-order valence-corrected chi connectivity index (χ1v) is 14.7. The predicted octanol–water partition coefficient (Wildman–Crippen LogP) is 5.69. The Balaban J connectivity index is 1.32. The number of carbonyl (C=O) groups is 2. The fourth-order valence-corrected chi connectivity index (χ4v) is 6.97. The molecule has 1 aromatic carbocycles. The number of fused-ring (bicyclic) bond motifs is 1. The van der Waals surface area contributed by atoms with Gasteiger partial charge in [0.25, 0.3) is 0 Å². The van der Waals surface area contributed by atoms with Crippen LogP contribution in [0.4, 0.5) is 0 Å². The fraction of sp³-hybridized carbons (Fsp3) is 0.355. The Hall–Kier alpha value is -3.72. The molecule has 2 aliphatic carbocycles. The first kappa shape index (κ1) is 26.5. The smallest absolute Gasteiger partial charge is 0.331 e. The van der Waals surface area contributed by atoms with Gasteiger partial charge in [0.1, 0.15) is 16.2 Å². The average Bonchev–Trinajstić information content (AvgIpc) is 3.40. The Labute approximate surface area is 241 Å². The van der Waals surface area contributed by atoms with Crippen molar-refractivity contribution in [3.05, 3.63) is 72.8 Å². The second kappa shape index (κ2) is 11.0. The summed E-state index contributed by atoms with van der Waals surface area (Å²) in [6.45, 7) is 2.07. The van der Waals surface area contributed by atoms with Gasteiger partial charge in [0.05, 0.1) is 23.7 Å². The summed E-state index contributed by atoms with van der Waals surface area (Å²) in [5.74, 6) is 0.608. The zero-order valence-corrected chi connectivity index (χ0v) is 23.9. The highest BCUT2D eigenvalue weighted by Crippen LogP contribution is 2.49. The minimum absolute atomic E-state index is 0.199. The van der Waals surface area contributed by atoms with Gasteiger partial charge in [0, 0.05) is 42.0 Å². The summed E-state index contributed by atoms with van der Waals surface area (Å²) in [4.78, 5) is 43.8. The molecule has 0 N–H and O–H groups in total. The van der Waals surface area contributed by atoms with Crippen LogP contribution in [-0.4, -0.2) is 54.5 Å². The van der Waals surface area contributed by atoms with E-state index < -0.39 is 16.3 Å². The van der Waals surface area contributed by atoms with Crippen molar-refractivity contribution in [1.29, 1.82) is 0 Å². The van der Waals surface area contributed by atoms with Crippen LogP contribution in [-0.2, 0) is 20.7 Å². The number of aromatic nitrogens is 4. The second-order valence-corrected chi connectivity index (χ2v) is 11.3. The van der Waals surface area contributed by atoms with Crippen molar-refractivity contribution in [2.24, 2.45) is 10.4 Å². The lowest BCUT2D eigenvalue weighted by Crippen LogP contribution is -2.61. The molecule has 6 rings (SSSR count). The molecule has 4 aromatic rings. The molecule has 2 fully saturated rings. The van der Waals surface area contributed by atoms with Crippen LogP contribution in [0.2, 0.25) is 0 Å². The van der Waals surface area contributed by atoms with Crippen molar-refractivity contribution in [1.82, 2.24) is 19.5 Å². The summed E-state index contributed by atoms with van der Waals surface area (Å²) in [7, 11) is 0. The molecular formula is C31H30BrN5O3. The van der Waals surface area contributed by atoms with Gasteiger partial charge in [-0.1, -0.05) is 47.3 Å². The lowest BCUT2D eigenvalue weighted by Gasteiger charge is -2.47. The molecule has 0 radical (unpaired) electrons. The highest BCUT2D eigenvalue weighted by Gasteiger charge is 2.58. The van der Waals surface area contributed by atoms with Gasteiger partial charge in [0.15, 0.2) is 11.8 Å². The average molecular weight is 601 g/mol. The molecule has 0 aliphatic heterocycles. The van der Waals surface area contributed by atoms with Crippen molar-refractivity contribution < 1.29 is 14.3 Å². The minimum Gasteiger partial charge on any atom is -0.464 e. The predicted molar refractivity (Wildman–Crippen MR) is 157 cm³/mol. The van der Waals surface area contributed by atoms with Crippen LogP contribution < -0.4 is 0 Å². The molecule has 204 valence electrons. The first-order valence-electron chi connectivity index (χ1n) is 13.8. The maximum atomic E-state index is 13.0. The number of imidazole rings is 1. The number of pyridine rings is 2. The Morgan fingerprint density at radius 1 is 1.10 bits per heavy atom. The topological polar surface area (TPSA) is 99.3 Å². The van der Waals surface area contributed by atoms with E-state index in [-0.39, 0.29) is 18.4 Å². The van der Waals surface area contributed by atoms with Gasteiger partial charge < -0.3 is 4.74 Å². The molecule has 3 heterocycles. The maximum absolute atomic E-state index is 13.0. The van der Waals surface area contributed by atoms with Crippen LogP contribution in [0.1, 0.15) is 44.6 Å². The third kappa shape index (κ3) is 4.66. The molecular weight excluding hydrogens is 570 g/mol. The highest BCUT2D eigenvalue weighted by molar-refractivity contribution is 9.10. The number of nitrogens with zero attached hydrogens (tertiary/aromatic N) is 5. The van der Waals surface area contributed by atoms with E-state index in [1.54, 1.807) is 31.7 Å². The van der Waals surface area contributed by atoms with Crippen LogP contribution in [0.25, 0.3) is 28.1 Å². The molecule has 40 heavy (non-hydrogen) atoms. The zero-order chi connectivity index (χ0) is 27.7. The van der Waals surface area contributed by atoms with E-state index in [4.69, 9.17) is 14.7 Å². The van der Waals surface area contributed by atoms with Crippen molar-refractivity contribution in [2.75, 3.05) is 6.61 Å². The van der Waals surface area contributed by atoms with Gasteiger partial charge in [-0.05, 0) is 55.7 Å². The molecule has 0 bridgehead atoms. The quantitative estimate of drug-likeness (QED) is 0.200. The van der Waals surface area contributed by atoms with Crippen molar-refractivity contribution in [3.8, 4) is 17.1 Å². The van der Waals surface area contributed by atoms with E-state index in [1.165, 1.54) is 0 Å². The van der Waals surface area contributed by atoms with Gasteiger partial charge in [-0.15, -0.1) is 0 Å². The highest BCUT2D eigenvalue weighted by atomic mass is 79.9. The van der Waals surface area contributed by atoms with Gasteiger partial charge in [-0.25, -0.2) is 9.78 Å². The number of carbonyl (C=O) groups excluding carboxylic acids is 2. The third-order valence-electron chi connectivity index (χ3n) is 7.99. The van der Waals surface area contributed by atoms with Gasteiger partial charge in [-0.2, -0.15) is 0 Å². The zero-order valence-electron chi connectivity index (χ0n) is 22.3. The van der Waals surface area contributed by atoms with Crippen LogP contribution in [0.3, 0.4) is 0 Å². The van der Waals surface area contributed by atoms with Crippen molar-refractivity contribution in [2.45, 2.75) is 56.3 Å². The molecule has 9 heteroatoms. The molecule has 2 aliphatic rings. The molecule has 2 saturated carbocycles. The monoisotopic (exact) mass is 599 g/mol. The number of Topliss-reactive ketones (excluding diaryl/α,β-unsaturated/α-hetero) is 1. The number of rotatable bonds is 7. The molecule has 8 nitrogen and oxygen atoms in total.